The van der Waals surface area contributed by atoms with Gasteiger partial charge in [-0.05, 0) is 112 Å². The van der Waals surface area contributed by atoms with E-state index in [1.807, 2.05) is 88.9 Å². The Labute approximate surface area is 374 Å². The molecule has 5 aromatic carbocycles. The summed E-state index contributed by atoms with van der Waals surface area (Å²) >= 11 is 1.66. The molecule has 14 nitrogen and oxygen atoms in total. The molecule has 1 atom stereocenters. The Balaban J connectivity index is 0.992. The van der Waals surface area contributed by atoms with Gasteiger partial charge in [-0.3, -0.25) is 19.7 Å². The number of piperazine rings is 1. The van der Waals surface area contributed by atoms with Crippen LogP contribution in [0.25, 0.3) is 22.0 Å². The number of aromatic nitrogens is 2. The van der Waals surface area contributed by atoms with Gasteiger partial charge in [0.2, 0.25) is 0 Å². The van der Waals surface area contributed by atoms with Gasteiger partial charge in [0.15, 0.2) is 5.82 Å². The maximum atomic E-state index is 13.8. The van der Waals surface area contributed by atoms with Gasteiger partial charge in [0, 0.05) is 73.1 Å². The number of likely N-dealkylation sites (N-methyl/N-ethyl adjacent to an activating group) is 1. The minimum Gasteiger partial charge on any atom is -0.492 e. The van der Waals surface area contributed by atoms with Crippen LogP contribution in [0.2, 0.25) is 0 Å². The molecule has 0 bridgehead atoms. The molecule has 0 amide bonds. The number of rotatable bonds is 20. The van der Waals surface area contributed by atoms with E-state index in [9.17, 15) is 18.5 Å². The first-order chi connectivity index (χ1) is 30.4. The second kappa shape index (κ2) is 21.1. The lowest BCUT2D eigenvalue weighted by Crippen LogP contribution is -2.46. The number of nitrogens with zero attached hydrogens (tertiary/aromatic N) is 7. The molecule has 0 radical (unpaired) electrons. The summed E-state index contributed by atoms with van der Waals surface area (Å²) in [7, 11) is 3.75. The topological polar surface area (TPSA) is 149 Å². The molecule has 6 aromatic rings. The molecule has 7 rings (SSSR count). The summed E-state index contributed by atoms with van der Waals surface area (Å²) in [5.41, 5.74) is 5.12. The van der Waals surface area contributed by atoms with E-state index < -0.39 is 14.9 Å². The van der Waals surface area contributed by atoms with Gasteiger partial charge < -0.3 is 24.8 Å². The van der Waals surface area contributed by atoms with Crippen LogP contribution in [0.3, 0.4) is 0 Å². The minimum absolute atomic E-state index is 0.0908. The van der Waals surface area contributed by atoms with E-state index in [2.05, 4.69) is 76.0 Å². The highest BCUT2D eigenvalue weighted by Gasteiger charge is 2.25. The summed E-state index contributed by atoms with van der Waals surface area (Å²) in [6.45, 7) is 6.44. The lowest BCUT2D eigenvalue weighted by atomic mass is 9.99. The molecule has 330 valence electrons. The van der Waals surface area contributed by atoms with Gasteiger partial charge in [-0.15, -0.1) is 11.8 Å². The zero-order valence-corrected chi connectivity index (χ0v) is 37.8. The molecule has 1 aromatic heterocycles. The highest BCUT2D eigenvalue weighted by atomic mass is 32.2. The second-order valence-electron chi connectivity index (χ2n) is 16.1. The molecule has 16 heteroatoms. The van der Waals surface area contributed by atoms with Crippen molar-refractivity contribution < 1.29 is 18.1 Å². The molecule has 0 saturated carbocycles. The van der Waals surface area contributed by atoms with E-state index in [0.717, 1.165) is 80.2 Å². The van der Waals surface area contributed by atoms with Crippen molar-refractivity contribution in [3.63, 3.8) is 0 Å². The zero-order chi connectivity index (χ0) is 44.3. The average Bonchev–Trinajstić information content (AvgIpc) is 3.28. The molecule has 1 aliphatic heterocycles. The fourth-order valence-corrected chi connectivity index (χ4v) is 9.47. The Hall–Kier alpha value is -5.78. The fourth-order valence-electron chi connectivity index (χ4n) is 7.43. The number of sulfonamides is 1. The maximum Gasteiger partial charge on any atom is 0.293 e. The SMILES string of the molecule is CN(C)CCOc1ccc(-c2ccccc2CN2CCN(c3ccc4c(NS(=O)(=O)c5ccc(NC(CCN(C)C)CSc6ccccc6)c([N+](=O)[O-])c5)ncnc4c3)CC2)cc1. The quantitative estimate of drug-likeness (QED) is 0.0437. The third-order valence-corrected chi connectivity index (χ3v) is 13.4. The highest BCUT2D eigenvalue weighted by molar-refractivity contribution is 7.99. The predicted octanol–water partition coefficient (Wildman–Crippen LogP) is 7.79. The number of thioether (sulfide) groups is 1. The Kier molecular flexibility index (Phi) is 15.1. The zero-order valence-electron chi connectivity index (χ0n) is 36.2. The number of fused-ring (bicyclic) bond motifs is 1. The van der Waals surface area contributed by atoms with Crippen molar-refractivity contribution in [2.75, 3.05) is 94.8 Å². The van der Waals surface area contributed by atoms with E-state index in [-0.39, 0.29) is 28.1 Å². The Bertz CT molecular complexity index is 2570. The number of ether oxygens (including phenoxy) is 1. The molecule has 1 fully saturated rings. The summed E-state index contributed by atoms with van der Waals surface area (Å²) in [5.74, 6) is 1.62. The third kappa shape index (κ3) is 12.2. The van der Waals surface area contributed by atoms with Gasteiger partial charge in [0.05, 0.1) is 15.3 Å². The van der Waals surface area contributed by atoms with Gasteiger partial charge in [0.25, 0.3) is 15.7 Å². The Morgan fingerprint density at radius 1 is 0.841 bits per heavy atom. The molecule has 1 saturated heterocycles. The number of nitro benzene ring substituents is 1. The number of anilines is 3. The van der Waals surface area contributed by atoms with Crippen molar-refractivity contribution in [3.05, 3.63) is 137 Å². The first-order valence-corrected chi connectivity index (χ1v) is 23.5. The minimum atomic E-state index is -4.27. The largest absolute Gasteiger partial charge is 0.492 e. The van der Waals surface area contributed by atoms with Gasteiger partial charge in [0.1, 0.15) is 24.4 Å². The van der Waals surface area contributed by atoms with Gasteiger partial charge in [-0.1, -0.05) is 54.6 Å². The van der Waals surface area contributed by atoms with Gasteiger partial charge in [-0.2, -0.15) is 0 Å². The first kappa shape index (κ1) is 45.3. The maximum absolute atomic E-state index is 13.8. The van der Waals surface area contributed by atoms with Crippen LogP contribution < -0.4 is 19.7 Å². The molecule has 1 aliphatic rings. The van der Waals surface area contributed by atoms with Crippen LogP contribution in [0.15, 0.2) is 131 Å². The summed E-state index contributed by atoms with van der Waals surface area (Å²) < 4.78 is 36.1. The van der Waals surface area contributed by atoms with E-state index in [1.54, 1.807) is 11.8 Å². The lowest BCUT2D eigenvalue weighted by Gasteiger charge is -2.36. The summed E-state index contributed by atoms with van der Waals surface area (Å²) in [6, 6.07) is 36.4. The van der Waals surface area contributed by atoms with Crippen LogP contribution in [0.4, 0.5) is 22.9 Å². The summed E-state index contributed by atoms with van der Waals surface area (Å²) in [4.78, 5) is 30.3. The van der Waals surface area contributed by atoms with Crippen molar-refractivity contribution in [3.8, 4) is 16.9 Å². The highest BCUT2D eigenvalue weighted by Crippen LogP contribution is 2.33. The molecule has 0 aliphatic carbocycles. The van der Waals surface area contributed by atoms with Crippen LogP contribution in [0.5, 0.6) is 5.75 Å². The molecule has 63 heavy (non-hydrogen) atoms. The number of hydrogen-bond donors (Lipinski definition) is 2. The molecule has 2 N–H and O–H groups in total. The number of nitro groups is 1. The Morgan fingerprint density at radius 3 is 2.30 bits per heavy atom. The smallest absolute Gasteiger partial charge is 0.293 e. The second-order valence-corrected chi connectivity index (χ2v) is 18.9. The Morgan fingerprint density at radius 2 is 1.57 bits per heavy atom. The molecular formula is C47H55N9O5S2. The van der Waals surface area contributed by atoms with Crippen LogP contribution >= 0.6 is 11.8 Å². The van der Waals surface area contributed by atoms with Crippen LogP contribution in [-0.4, -0.2) is 124 Å². The predicted molar refractivity (Wildman–Crippen MR) is 255 cm³/mol. The average molecular weight is 890 g/mol. The van der Waals surface area contributed by atoms with Gasteiger partial charge in [-0.25, -0.2) is 18.4 Å². The van der Waals surface area contributed by atoms with E-state index in [0.29, 0.717) is 23.3 Å². The van der Waals surface area contributed by atoms with Crippen molar-refractivity contribution in [2.24, 2.45) is 0 Å². The normalized spacial score (nSPS) is 14.0. The van der Waals surface area contributed by atoms with Crippen LogP contribution in [0.1, 0.15) is 12.0 Å². The van der Waals surface area contributed by atoms with E-state index in [4.69, 9.17) is 4.74 Å². The molecule has 1 unspecified atom stereocenters. The van der Waals surface area contributed by atoms with Crippen LogP contribution in [0, 0.1) is 10.1 Å². The van der Waals surface area contributed by atoms with Crippen molar-refractivity contribution in [2.45, 2.75) is 28.8 Å². The van der Waals surface area contributed by atoms with Crippen molar-refractivity contribution in [1.82, 2.24) is 24.7 Å². The molecular weight excluding hydrogens is 835 g/mol. The lowest BCUT2D eigenvalue weighted by molar-refractivity contribution is -0.384. The van der Waals surface area contributed by atoms with Crippen molar-refractivity contribution >= 4 is 55.6 Å². The monoisotopic (exact) mass is 889 g/mol. The third-order valence-electron chi connectivity index (χ3n) is 10.9. The first-order valence-electron chi connectivity index (χ1n) is 21.0. The number of hydrogen-bond acceptors (Lipinski definition) is 13. The molecule has 2 heterocycles. The number of benzene rings is 5. The standard InChI is InChI=1S/C47H55N9O5S2/c1-52(2)23-22-37(33-62-40-11-6-5-7-12-40)50-44-21-19-41(31-46(44)56(57)58)63(59,60)51-47-43-20-16-38(30-45(43)48-34-49-47)55-26-24-54(25-27-55)32-36-10-8-9-13-42(36)35-14-17-39(18-15-35)61-29-28-53(3)4/h5-21,30-31,34,37,50H,22-29,32-33H2,1-4H3,(H,48,49,51). The van der Waals surface area contributed by atoms with Crippen LogP contribution in [-0.2, 0) is 16.6 Å². The van der Waals surface area contributed by atoms with E-state index >= 15 is 0 Å². The van der Waals surface area contributed by atoms with Crippen molar-refractivity contribution in [1.29, 1.82) is 0 Å². The summed E-state index contributed by atoms with van der Waals surface area (Å²) in [6.07, 6.45) is 2.05. The van der Waals surface area contributed by atoms with E-state index in [1.165, 1.54) is 29.6 Å². The summed E-state index contributed by atoms with van der Waals surface area (Å²) in [5, 5.41) is 16.2. The number of nitrogens with one attached hydrogen (secondary N) is 2. The molecule has 0 spiro atoms. The van der Waals surface area contributed by atoms with Gasteiger partial charge >= 0.3 is 0 Å². The fraction of sp³-hybridized carbons (Fsp3) is 0.319.